The van der Waals surface area contributed by atoms with Gasteiger partial charge in [0.05, 0.1) is 0 Å². The zero-order chi connectivity index (χ0) is 19.3. The molecule has 0 saturated carbocycles. The van der Waals surface area contributed by atoms with Gasteiger partial charge in [0.25, 0.3) is 0 Å². The fraction of sp³-hybridized carbons (Fsp3) is 0.333. The van der Waals surface area contributed by atoms with E-state index in [1.165, 1.54) is 19.9 Å². The zero-order valence-corrected chi connectivity index (χ0v) is 14.5. The molecular weight excluding hydrogens is 347 g/mol. The van der Waals surface area contributed by atoms with E-state index in [1.54, 1.807) is 0 Å². The summed E-state index contributed by atoms with van der Waals surface area (Å²) in [4.78, 5) is 17.2. The number of aryl methyl sites for hydroxylation is 1. The smallest absolute Gasteiger partial charge is 0.386 e. The van der Waals surface area contributed by atoms with Crippen LogP contribution in [0.2, 0.25) is 0 Å². The van der Waals surface area contributed by atoms with Gasteiger partial charge < -0.3 is 15.1 Å². The maximum atomic E-state index is 12.6. The van der Waals surface area contributed by atoms with Crippen LogP contribution in [0.4, 0.5) is 13.2 Å². The molecule has 26 heavy (non-hydrogen) atoms. The quantitative estimate of drug-likeness (QED) is 0.353. The summed E-state index contributed by atoms with van der Waals surface area (Å²) >= 11 is 0. The molecule has 5 nitrogen and oxygen atoms in total. The van der Waals surface area contributed by atoms with Gasteiger partial charge in [-0.3, -0.25) is 4.79 Å². The van der Waals surface area contributed by atoms with E-state index in [-0.39, 0.29) is 17.1 Å². The van der Waals surface area contributed by atoms with Crippen LogP contribution in [0.1, 0.15) is 27.3 Å². The van der Waals surface area contributed by atoms with Gasteiger partial charge in [0.2, 0.25) is 5.78 Å². The van der Waals surface area contributed by atoms with Crippen molar-refractivity contribution in [3.05, 3.63) is 58.9 Å². The number of amidine groups is 1. The number of aromatic nitrogens is 1. The summed E-state index contributed by atoms with van der Waals surface area (Å²) in [5.74, 6) is -0.255. The second-order valence-corrected chi connectivity index (χ2v) is 5.93. The number of nitrogens with zero attached hydrogens (tertiary/aromatic N) is 2. The molecule has 0 radical (unpaired) electrons. The highest BCUT2D eigenvalue weighted by Gasteiger charge is 2.30. The average molecular weight is 367 g/mol. The van der Waals surface area contributed by atoms with Gasteiger partial charge in [-0.25, -0.2) is 0 Å². The number of Topliss-reactive ketones (excluding diaryl/α,β-unsaturated/α-hetero) is 1. The molecule has 0 amide bonds. The molecule has 0 spiro atoms. The molecule has 8 heteroatoms. The molecule has 0 unspecified atom stereocenters. The standard InChI is InChI=1S/C18H20F3N3O2/c1-12-8-15(13(2)24(12)11-18(19,20)21)16(25)10-26-23-17(22)9-14-6-4-3-5-7-14/h3-8H,9-11H2,1-2H3,(H2,22,23). The van der Waals surface area contributed by atoms with Crippen molar-refractivity contribution >= 4 is 11.6 Å². The van der Waals surface area contributed by atoms with E-state index in [0.717, 1.165) is 10.1 Å². The number of rotatable bonds is 7. The molecule has 2 aromatic rings. The summed E-state index contributed by atoms with van der Waals surface area (Å²) in [6.07, 6.45) is -3.99. The number of hydrogen-bond donors (Lipinski definition) is 1. The second-order valence-electron chi connectivity index (χ2n) is 5.93. The Hall–Kier alpha value is -2.77. The van der Waals surface area contributed by atoms with Crippen LogP contribution in [-0.4, -0.2) is 29.0 Å². The summed E-state index contributed by atoms with van der Waals surface area (Å²) in [5.41, 5.74) is 7.47. The van der Waals surface area contributed by atoms with E-state index in [0.29, 0.717) is 12.1 Å². The van der Waals surface area contributed by atoms with E-state index in [4.69, 9.17) is 10.6 Å². The molecule has 0 aliphatic rings. The molecule has 140 valence electrons. The molecule has 1 heterocycles. The first-order chi connectivity index (χ1) is 12.2. The van der Waals surface area contributed by atoms with Crippen molar-refractivity contribution in [1.82, 2.24) is 4.57 Å². The molecule has 2 N–H and O–H groups in total. The predicted molar refractivity (Wildman–Crippen MR) is 92.0 cm³/mol. The lowest BCUT2D eigenvalue weighted by atomic mass is 10.1. The number of hydrogen-bond acceptors (Lipinski definition) is 3. The van der Waals surface area contributed by atoms with Gasteiger partial charge in [0, 0.05) is 23.4 Å². The Morgan fingerprint density at radius 3 is 2.50 bits per heavy atom. The highest BCUT2D eigenvalue weighted by atomic mass is 19.4. The van der Waals surface area contributed by atoms with E-state index >= 15 is 0 Å². The van der Waals surface area contributed by atoms with Gasteiger partial charge >= 0.3 is 6.18 Å². The lowest BCUT2D eigenvalue weighted by Crippen LogP contribution is -2.20. The maximum Gasteiger partial charge on any atom is 0.406 e. The van der Waals surface area contributed by atoms with Crippen molar-refractivity contribution in [2.45, 2.75) is 33.0 Å². The number of oxime groups is 1. The molecular formula is C18H20F3N3O2. The maximum absolute atomic E-state index is 12.6. The SMILES string of the molecule is Cc1cc(C(=O)CO/N=C(/N)Cc2ccccc2)c(C)n1CC(F)(F)F. The van der Waals surface area contributed by atoms with E-state index in [2.05, 4.69) is 5.16 Å². The first-order valence-corrected chi connectivity index (χ1v) is 7.92. The molecule has 0 aliphatic carbocycles. The van der Waals surface area contributed by atoms with E-state index < -0.39 is 25.1 Å². The van der Waals surface area contributed by atoms with Crippen molar-refractivity contribution in [3.8, 4) is 0 Å². The third kappa shape index (κ3) is 5.37. The normalized spacial score (nSPS) is 12.3. The molecule has 0 atom stereocenters. The molecule has 2 rings (SSSR count). The Balaban J connectivity index is 1.98. The highest BCUT2D eigenvalue weighted by molar-refractivity contribution is 5.98. The fourth-order valence-corrected chi connectivity index (χ4v) is 2.59. The number of nitrogens with two attached hydrogens (primary N) is 1. The summed E-state index contributed by atoms with van der Waals surface area (Å²) in [6, 6.07) is 10.8. The molecule has 0 fully saturated rings. The summed E-state index contributed by atoms with van der Waals surface area (Å²) in [6.45, 7) is 1.46. The average Bonchev–Trinajstić information content (AvgIpc) is 2.82. The van der Waals surface area contributed by atoms with Crippen LogP contribution in [0, 0.1) is 13.8 Å². The largest absolute Gasteiger partial charge is 0.406 e. The topological polar surface area (TPSA) is 69.6 Å². The summed E-state index contributed by atoms with van der Waals surface area (Å²) < 4.78 is 38.9. The van der Waals surface area contributed by atoms with Gasteiger partial charge in [-0.1, -0.05) is 35.5 Å². The Morgan fingerprint density at radius 1 is 1.23 bits per heavy atom. The first kappa shape index (κ1) is 19.6. The minimum atomic E-state index is -4.36. The van der Waals surface area contributed by atoms with Crippen molar-refractivity contribution in [2.24, 2.45) is 10.9 Å². The van der Waals surface area contributed by atoms with Crippen LogP contribution in [0.15, 0.2) is 41.6 Å². The molecule has 1 aromatic carbocycles. The van der Waals surface area contributed by atoms with Crippen LogP contribution in [0.25, 0.3) is 0 Å². The summed E-state index contributed by atoms with van der Waals surface area (Å²) in [7, 11) is 0. The highest BCUT2D eigenvalue weighted by Crippen LogP contribution is 2.23. The third-order valence-electron chi connectivity index (χ3n) is 3.82. The van der Waals surface area contributed by atoms with Crippen molar-refractivity contribution in [2.75, 3.05) is 6.61 Å². The Morgan fingerprint density at radius 2 is 1.88 bits per heavy atom. The minimum Gasteiger partial charge on any atom is -0.386 e. The zero-order valence-electron chi connectivity index (χ0n) is 14.5. The van der Waals surface area contributed by atoms with Gasteiger partial charge in [-0.05, 0) is 25.5 Å². The number of alkyl halides is 3. The fourth-order valence-electron chi connectivity index (χ4n) is 2.59. The van der Waals surface area contributed by atoms with Crippen LogP contribution >= 0.6 is 0 Å². The van der Waals surface area contributed by atoms with Gasteiger partial charge in [-0.2, -0.15) is 13.2 Å². The van der Waals surface area contributed by atoms with E-state index in [9.17, 15) is 18.0 Å². The number of halogens is 3. The molecule has 0 aliphatic heterocycles. The van der Waals surface area contributed by atoms with Crippen LogP contribution in [0.3, 0.4) is 0 Å². The van der Waals surface area contributed by atoms with Gasteiger partial charge in [-0.15, -0.1) is 0 Å². The Bertz CT molecular complexity index is 796. The first-order valence-electron chi connectivity index (χ1n) is 7.92. The number of ketones is 1. The Labute approximate surface area is 149 Å². The van der Waals surface area contributed by atoms with Crippen molar-refractivity contribution < 1.29 is 22.8 Å². The predicted octanol–water partition coefficient (Wildman–Crippen LogP) is 3.38. The number of carbonyl (C=O) groups excluding carboxylic acids is 1. The Kier molecular flexibility index (Phi) is 6.07. The van der Waals surface area contributed by atoms with Crippen LogP contribution in [0.5, 0.6) is 0 Å². The second kappa shape index (κ2) is 8.07. The monoisotopic (exact) mass is 367 g/mol. The van der Waals surface area contributed by atoms with Crippen LogP contribution in [-0.2, 0) is 17.8 Å². The van der Waals surface area contributed by atoms with Crippen molar-refractivity contribution in [1.29, 1.82) is 0 Å². The van der Waals surface area contributed by atoms with Gasteiger partial charge in [0.15, 0.2) is 6.61 Å². The van der Waals surface area contributed by atoms with Crippen molar-refractivity contribution in [3.63, 3.8) is 0 Å². The summed E-state index contributed by atoms with van der Waals surface area (Å²) in [5, 5.41) is 3.69. The van der Waals surface area contributed by atoms with Crippen LogP contribution < -0.4 is 5.73 Å². The molecule has 0 saturated heterocycles. The minimum absolute atomic E-state index is 0.184. The van der Waals surface area contributed by atoms with Gasteiger partial charge in [0.1, 0.15) is 12.4 Å². The molecule has 1 aromatic heterocycles. The lowest BCUT2D eigenvalue weighted by molar-refractivity contribution is -0.141. The third-order valence-corrected chi connectivity index (χ3v) is 3.82. The van der Waals surface area contributed by atoms with E-state index in [1.807, 2.05) is 30.3 Å². The number of benzene rings is 1. The lowest BCUT2D eigenvalue weighted by Gasteiger charge is -2.12. The number of carbonyl (C=O) groups is 1. The molecule has 0 bridgehead atoms.